The van der Waals surface area contributed by atoms with Gasteiger partial charge in [-0.2, -0.15) is 0 Å². The van der Waals surface area contributed by atoms with E-state index in [1.807, 2.05) is 0 Å². The Morgan fingerprint density at radius 2 is 1.00 bits per heavy atom. The summed E-state index contributed by atoms with van der Waals surface area (Å²) in [7, 11) is 0. The van der Waals surface area contributed by atoms with Gasteiger partial charge in [0.15, 0.2) is 12.4 Å². The number of ether oxygens (including phenoxy) is 4. The minimum Gasteiger partial charge on any atom is -0.462 e. The summed E-state index contributed by atoms with van der Waals surface area (Å²) in [5.74, 6) is -0.809. The molecule has 0 aromatic carbocycles. The quantitative estimate of drug-likeness (QED) is 0.0277. The second-order valence-electron chi connectivity index (χ2n) is 15.2. The van der Waals surface area contributed by atoms with Gasteiger partial charge in [-0.05, 0) is 38.5 Å². The van der Waals surface area contributed by atoms with Crippen LogP contribution in [0.2, 0.25) is 0 Å². The van der Waals surface area contributed by atoms with E-state index in [1.165, 1.54) is 109 Å². The predicted octanol–water partition coefficient (Wildman–Crippen LogP) is 8.78. The van der Waals surface area contributed by atoms with Crippen molar-refractivity contribution in [1.82, 2.24) is 0 Å². The highest BCUT2D eigenvalue weighted by molar-refractivity contribution is 5.70. The number of hydrogen-bond donors (Lipinski definition) is 4. The third-order valence-corrected chi connectivity index (χ3v) is 10.2. The molecule has 10 heteroatoms. The Hall–Kier alpha value is -1.56. The van der Waals surface area contributed by atoms with E-state index in [2.05, 4.69) is 26.0 Å². The lowest BCUT2D eigenvalue weighted by molar-refractivity contribution is -0.305. The number of allylic oxidation sites excluding steroid dienone is 2. The van der Waals surface area contributed by atoms with E-state index in [0.717, 1.165) is 51.4 Å². The van der Waals surface area contributed by atoms with Gasteiger partial charge in [0.2, 0.25) is 0 Å². The molecule has 1 fully saturated rings. The van der Waals surface area contributed by atoms with Gasteiger partial charge >= 0.3 is 11.9 Å². The zero-order valence-electron chi connectivity index (χ0n) is 33.8. The number of carbonyl (C=O) groups excluding carboxylic acids is 2. The minimum absolute atomic E-state index is 0.215. The topological polar surface area (TPSA) is 152 Å². The molecule has 0 radical (unpaired) electrons. The van der Waals surface area contributed by atoms with Crippen LogP contribution < -0.4 is 0 Å². The summed E-state index contributed by atoms with van der Waals surface area (Å²) < 4.78 is 22.1. The monoisotopic (exact) mass is 757 g/mol. The van der Waals surface area contributed by atoms with Crippen LogP contribution in [0.3, 0.4) is 0 Å². The van der Waals surface area contributed by atoms with Gasteiger partial charge < -0.3 is 39.4 Å². The van der Waals surface area contributed by atoms with Crippen LogP contribution in [0.15, 0.2) is 12.2 Å². The number of hydrogen-bond acceptors (Lipinski definition) is 10. The lowest BCUT2D eigenvalue weighted by Crippen LogP contribution is -2.59. The summed E-state index contributed by atoms with van der Waals surface area (Å²) >= 11 is 0. The van der Waals surface area contributed by atoms with Crippen LogP contribution in [0.4, 0.5) is 0 Å². The van der Waals surface area contributed by atoms with Crippen LogP contribution >= 0.6 is 0 Å². The first-order valence-corrected chi connectivity index (χ1v) is 21.8. The van der Waals surface area contributed by atoms with E-state index in [1.54, 1.807) is 0 Å². The van der Waals surface area contributed by atoms with E-state index < -0.39 is 49.4 Å². The second kappa shape index (κ2) is 34.9. The molecule has 10 nitrogen and oxygen atoms in total. The molecule has 0 saturated carbocycles. The van der Waals surface area contributed by atoms with Crippen LogP contribution in [0.5, 0.6) is 0 Å². The summed E-state index contributed by atoms with van der Waals surface area (Å²) in [4.78, 5) is 25.3. The van der Waals surface area contributed by atoms with E-state index in [9.17, 15) is 30.0 Å². The maximum atomic E-state index is 12.7. The number of esters is 2. The second-order valence-corrected chi connectivity index (χ2v) is 15.2. The van der Waals surface area contributed by atoms with Gasteiger partial charge in [-0.25, -0.2) is 0 Å². The number of carbonyl (C=O) groups is 2. The van der Waals surface area contributed by atoms with Crippen molar-refractivity contribution in [3.05, 3.63) is 12.2 Å². The van der Waals surface area contributed by atoms with Crippen LogP contribution in [0, 0.1) is 0 Å². The van der Waals surface area contributed by atoms with Gasteiger partial charge in [0, 0.05) is 12.8 Å². The Bertz CT molecular complexity index is 881. The van der Waals surface area contributed by atoms with Crippen molar-refractivity contribution in [3.8, 4) is 0 Å². The number of aliphatic hydroxyl groups excluding tert-OH is 4. The molecular formula is C43H80O10. The van der Waals surface area contributed by atoms with E-state index in [-0.39, 0.29) is 32.0 Å². The Morgan fingerprint density at radius 1 is 0.566 bits per heavy atom. The summed E-state index contributed by atoms with van der Waals surface area (Å²) in [5.41, 5.74) is 0. The van der Waals surface area contributed by atoms with E-state index >= 15 is 0 Å². The summed E-state index contributed by atoms with van der Waals surface area (Å²) in [6.45, 7) is 3.41. The van der Waals surface area contributed by atoms with Gasteiger partial charge in [0.05, 0.1) is 13.2 Å². The fraction of sp³-hybridized carbons (Fsp3) is 0.907. The molecule has 1 heterocycles. The third kappa shape index (κ3) is 26.8. The molecule has 1 unspecified atom stereocenters. The first-order valence-electron chi connectivity index (χ1n) is 21.8. The standard InChI is InChI=1S/C43H80O10/c1-3-5-7-9-11-13-15-17-18-20-22-24-26-28-30-32-39(46)52-36(35-51-43-42(49)41(48)40(47)37(33-44)53-43)34-50-38(45)31-29-27-25-23-21-19-16-14-12-10-8-6-4-2/h17-18,36-37,40-44,47-49H,3-16,19-35H2,1-2H3/b18-17-/t36?,37-,40-,41+,42-,43+/m1/s1. The van der Waals surface area contributed by atoms with Gasteiger partial charge in [0.1, 0.15) is 31.0 Å². The molecule has 0 bridgehead atoms. The highest BCUT2D eigenvalue weighted by Gasteiger charge is 2.44. The molecule has 0 spiro atoms. The first kappa shape index (κ1) is 49.5. The molecule has 53 heavy (non-hydrogen) atoms. The minimum atomic E-state index is -1.59. The SMILES string of the molecule is CCCCCCCC/C=C\CCCCCCCC(=O)OC(COC(=O)CCCCCCCCCCCCCCC)CO[C@H]1O[C@H](CO)[C@@H](O)[C@H](O)[C@H]1O. The molecule has 0 aromatic rings. The average molecular weight is 757 g/mol. The first-order chi connectivity index (χ1) is 25.8. The Morgan fingerprint density at radius 3 is 1.47 bits per heavy atom. The predicted molar refractivity (Wildman–Crippen MR) is 210 cm³/mol. The normalized spacial score (nSPS) is 20.9. The maximum Gasteiger partial charge on any atom is 0.306 e. The van der Waals surface area contributed by atoms with Crippen LogP contribution in [-0.4, -0.2) is 89.0 Å². The van der Waals surface area contributed by atoms with Crippen LogP contribution in [0.1, 0.15) is 194 Å². The summed E-state index contributed by atoms with van der Waals surface area (Å²) in [6, 6.07) is 0. The van der Waals surface area contributed by atoms with Crippen molar-refractivity contribution in [1.29, 1.82) is 0 Å². The molecule has 0 aliphatic carbocycles. The molecule has 0 amide bonds. The lowest BCUT2D eigenvalue weighted by atomic mass is 9.99. The molecular weight excluding hydrogens is 676 g/mol. The van der Waals surface area contributed by atoms with Crippen molar-refractivity contribution in [2.45, 2.75) is 230 Å². The van der Waals surface area contributed by atoms with Gasteiger partial charge in [-0.3, -0.25) is 9.59 Å². The highest BCUT2D eigenvalue weighted by Crippen LogP contribution is 2.23. The fourth-order valence-electron chi connectivity index (χ4n) is 6.65. The Balaban J connectivity index is 2.35. The number of rotatable bonds is 36. The fourth-order valence-corrected chi connectivity index (χ4v) is 6.65. The van der Waals surface area contributed by atoms with E-state index in [4.69, 9.17) is 18.9 Å². The zero-order chi connectivity index (χ0) is 38.8. The highest BCUT2D eigenvalue weighted by atomic mass is 16.7. The third-order valence-electron chi connectivity index (χ3n) is 10.2. The van der Waals surface area contributed by atoms with Crippen molar-refractivity contribution < 1.29 is 49.0 Å². The molecule has 312 valence electrons. The average Bonchev–Trinajstić information content (AvgIpc) is 3.15. The van der Waals surface area contributed by atoms with Crippen molar-refractivity contribution in [2.75, 3.05) is 19.8 Å². The molecule has 1 aliphatic rings. The molecule has 1 aliphatic heterocycles. The Labute approximate surface area is 322 Å². The molecule has 1 rings (SSSR count). The van der Waals surface area contributed by atoms with Gasteiger partial charge in [-0.15, -0.1) is 0 Å². The lowest BCUT2D eigenvalue weighted by Gasteiger charge is -2.39. The summed E-state index contributed by atoms with van der Waals surface area (Å²) in [6.07, 6.45) is 27.9. The Kier molecular flexibility index (Phi) is 32.6. The van der Waals surface area contributed by atoms with Crippen LogP contribution in [-0.2, 0) is 28.5 Å². The molecule has 0 aromatic heterocycles. The zero-order valence-corrected chi connectivity index (χ0v) is 33.8. The number of aliphatic hydroxyl groups is 4. The molecule has 6 atom stereocenters. The van der Waals surface area contributed by atoms with Gasteiger partial charge in [-0.1, -0.05) is 154 Å². The largest absolute Gasteiger partial charge is 0.462 e. The number of unbranched alkanes of at least 4 members (excludes halogenated alkanes) is 23. The van der Waals surface area contributed by atoms with Gasteiger partial charge in [0.25, 0.3) is 0 Å². The summed E-state index contributed by atoms with van der Waals surface area (Å²) in [5, 5.41) is 40.0. The van der Waals surface area contributed by atoms with Crippen LogP contribution in [0.25, 0.3) is 0 Å². The maximum absolute atomic E-state index is 12.7. The van der Waals surface area contributed by atoms with Crippen molar-refractivity contribution in [2.24, 2.45) is 0 Å². The molecule has 4 N–H and O–H groups in total. The smallest absolute Gasteiger partial charge is 0.306 e. The van der Waals surface area contributed by atoms with Crippen molar-refractivity contribution >= 4 is 11.9 Å². The van der Waals surface area contributed by atoms with Crippen molar-refractivity contribution in [3.63, 3.8) is 0 Å². The van der Waals surface area contributed by atoms with E-state index in [0.29, 0.717) is 6.42 Å². The molecule has 1 saturated heterocycles.